The van der Waals surface area contributed by atoms with Crippen molar-refractivity contribution in [3.63, 3.8) is 0 Å². The molecule has 0 heterocycles. The number of hydrogen-bond donors (Lipinski definition) is 3. The van der Waals surface area contributed by atoms with Crippen molar-refractivity contribution >= 4 is 11.6 Å². The first kappa shape index (κ1) is 27.2. The maximum absolute atomic E-state index is 12.8. The Hall–Kier alpha value is -1.39. The quantitative estimate of drug-likeness (QED) is 0.381. The highest BCUT2D eigenvalue weighted by molar-refractivity contribution is 5.90. The summed E-state index contributed by atoms with van der Waals surface area (Å²) in [6.07, 6.45) is 9.82. The van der Waals surface area contributed by atoms with Crippen LogP contribution in [0, 0.1) is 46.3 Å². The third-order valence-electron chi connectivity index (χ3n) is 12.1. The number of rotatable bonds is 6. The summed E-state index contributed by atoms with van der Waals surface area (Å²) in [6.45, 7) is 11.7. The van der Waals surface area contributed by atoms with Crippen LogP contribution in [0.15, 0.2) is 24.3 Å². The highest BCUT2D eigenvalue weighted by atomic mass is 16.3. The fraction of sp³-hybridized carbons (Fsp3) is 0.788. The second kappa shape index (κ2) is 10.3. The lowest BCUT2D eigenvalue weighted by Crippen LogP contribution is -2.58. The highest BCUT2D eigenvalue weighted by Crippen LogP contribution is 2.68. The maximum Gasteiger partial charge on any atom is 0.224 e. The molecule has 4 fully saturated rings. The smallest absolute Gasteiger partial charge is 0.224 e. The van der Waals surface area contributed by atoms with E-state index in [4.69, 9.17) is 0 Å². The molecule has 10 atom stereocenters. The van der Waals surface area contributed by atoms with Gasteiger partial charge in [0.15, 0.2) is 0 Å². The minimum Gasteiger partial charge on any atom is -0.393 e. The molecule has 0 bridgehead atoms. The Morgan fingerprint density at radius 2 is 1.62 bits per heavy atom. The minimum atomic E-state index is -0.222. The molecule has 0 saturated heterocycles. The number of anilines is 1. The van der Waals surface area contributed by atoms with Crippen LogP contribution in [0.5, 0.6) is 0 Å². The first-order valence-corrected chi connectivity index (χ1v) is 15.3. The molecule has 0 aliphatic heterocycles. The molecule has 3 N–H and O–H groups in total. The van der Waals surface area contributed by atoms with Gasteiger partial charge in [-0.1, -0.05) is 46.8 Å². The molecule has 1 aromatic rings. The fourth-order valence-electron chi connectivity index (χ4n) is 9.91. The van der Waals surface area contributed by atoms with E-state index in [2.05, 4.69) is 52.1 Å². The van der Waals surface area contributed by atoms with Crippen molar-refractivity contribution in [2.75, 3.05) is 5.32 Å². The standard InChI is InChI=1S/C33H51NO3/c1-20(2)22-7-9-24(10-8-22)34-30(37)13-6-21(3)26-11-12-27-31-28(15-17-33(26,27)5)32(4)16-14-25(35)18-23(32)19-29(31)36/h7-10,20-21,23,25-29,31,35-36H,6,11-19H2,1-5H3,(H,34,37). The van der Waals surface area contributed by atoms with Gasteiger partial charge in [0.05, 0.1) is 12.2 Å². The van der Waals surface area contributed by atoms with Gasteiger partial charge in [0, 0.05) is 12.1 Å². The average Bonchev–Trinajstić information content (AvgIpc) is 3.21. The topological polar surface area (TPSA) is 69.6 Å². The number of benzene rings is 1. The predicted octanol–water partition coefficient (Wildman–Crippen LogP) is 7.16. The van der Waals surface area contributed by atoms with Gasteiger partial charge in [0.2, 0.25) is 5.91 Å². The zero-order chi connectivity index (χ0) is 26.5. The molecule has 4 aliphatic rings. The summed E-state index contributed by atoms with van der Waals surface area (Å²) >= 11 is 0. The monoisotopic (exact) mass is 509 g/mol. The van der Waals surface area contributed by atoms with Gasteiger partial charge in [-0.3, -0.25) is 4.79 Å². The van der Waals surface area contributed by atoms with Crippen LogP contribution in [-0.2, 0) is 4.79 Å². The van der Waals surface area contributed by atoms with E-state index in [1.807, 2.05) is 12.1 Å². The van der Waals surface area contributed by atoms with Crippen molar-refractivity contribution in [2.45, 2.75) is 117 Å². The summed E-state index contributed by atoms with van der Waals surface area (Å²) in [5.41, 5.74) is 2.72. The molecular weight excluding hydrogens is 458 g/mol. The first-order chi connectivity index (χ1) is 17.5. The second-order valence-electron chi connectivity index (χ2n) is 14.3. The van der Waals surface area contributed by atoms with Gasteiger partial charge in [-0.15, -0.1) is 0 Å². The SMILES string of the molecule is CC(C)c1ccc(NC(=O)CCC(C)C2CCC3C4C(O)CC5CC(O)CCC5(C)C4CCC23C)cc1. The number of carbonyl (C=O) groups is 1. The van der Waals surface area contributed by atoms with E-state index < -0.39 is 0 Å². The Morgan fingerprint density at radius 1 is 0.946 bits per heavy atom. The number of nitrogens with one attached hydrogen (secondary N) is 1. The molecular formula is C33H51NO3. The highest BCUT2D eigenvalue weighted by Gasteiger charge is 2.62. The van der Waals surface area contributed by atoms with E-state index in [1.165, 1.54) is 31.2 Å². The van der Waals surface area contributed by atoms with E-state index in [0.29, 0.717) is 47.8 Å². The van der Waals surface area contributed by atoms with Crippen molar-refractivity contribution in [3.05, 3.63) is 29.8 Å². The molecule has 37 heavy (non-hydrogen) atoms. The summed E-state index contributed by atoms with van der Waals surface area (Å²) in [5.74, 6) is 3.80. The number of aliphatic hydroxyl groups excluding tert-OH is 2. The van der Waals surface area contributed by atoms with Crippen LogP contribution in [0.3, 0.4) is 0 Å². The lowest BCUT2D eigenvalue weighted by atomic mass is 9.43. The van der Waals surface area contributed by atoms with Crippen molar-refractivity contribution < 1.29 is 15.0 Å². The first-order valence-electron chi connectivity index (χ1n) is 15.3. The molecule has 10 unspecified atom stereocenters. The molecule has 1 aromatic carbocycles. The van der Waals surface area contributed by atoms with Gasteiger partial charge in [-0.25, -0.2) is 0 Å². The van der Waals surface area contributed by atoms with Crippen molar-refractivity contribution in [2.24, 2.45) is 46.3 Å². The Balaban J connectivity index is 1.21. The van der Waals surface area contributed by atoms with Crippen molar-refractivity contribution in [1.82, 2.24) is 0 Å². The molecule has 5 rings (SSSR count). The minimum absolute atomic E-state index is 0.119. The molecule has 0 radical (unpaired) electrons. The Labute approximate surface area is 225 Å². The number of amides is 1. The number of aliphatic hydroxyl groups is 2. The van der Waals surface area contributed by atoms with Crippen LogP contribution in [-0.4, -0.2) is 28.3 Å². The van der Waals surface area contributed by atoms with Gasteiger partial charge in [0.25, 0.3) is 0 Å². The predicted molar refractivity (Wildman–Crippen MR) is 150 cm³/mol. The van der Waals surface area contributed by atoms with E-state index in [-0.39, 0.29) is 28.9 Å². The van der Waals surface area contributed by atoms with Crippen LogP contribution in [0.25, 0.3) is 0 Å². The molecule has 4 heteroatoms. The second-order valence-corrected chi connectivity index (χ2v) is 14.3. The third-order valence-corrected chi connectivity index (χ3v) is 12.1. The zero-order valence-corrected chi connectivity index (χ0v) is 23.9. The Kier molecular flexibility index (Phi) is 7.57. The lowest BCUT2D eigenvalue weighted by Gasteiger charge is -2.62. The van der Waals surface area contributed by atoms with Crippen LogP contribution >= 0.6 is 0 Å². The molecule has 4 saturated carbocycles. The van der Waals surface area contributed by atoms with Crippen molar-refractivity contribution in [1.29, 1.82) is 0 Å². The fourth-order valence-corrected chi connectivity index (χ4v) is 9.91. The van der Waals surface area contributed by atoms with E-state index in [1.54, 1.807) is 0 Å². The summed E-state index contributed by atoms with van der Waals surface area (Å²) in [7, 11) is 0. The Morgan fingerprint density at radius 3 is 2.32 bits per heavy atom. The summed E-state index contributed by atoms with van der Waals surface area (Å²) in [4.78, 5) is 12.8. The average molecular weight is 510 g/mol. The summed E-state index contributed by atoms with van der Waals surface area (Å²) in [6, 6.07) is 8.25. The molecule has 4 aliphatic carbocycles. The molecule has 206 valence electrons. The summed E-state index contributed by atoms with van der Waals surface area (Å²) in [5, 5.41) is 24.9. The van der Waals surface area contributed by atoms with Gasteiger partial charge < -0.3 is 15.5 Å². The van der Waals surface area contributed by atoms with Crippen LogP contribution < -0.4 is 5.32 Å². The molecule has 4 nitrogen and oxygen atoms in total. The zero-order valence-electron chi connectivity index (χ0n) is 23.9. The van der Waals surface area contributed by atoms with E-state index >= 15 is 0 Å². The van der Waals surface area contributed by atoms with Gasteiger partial charge in [-0.05, 0) is 128 Å². The molecule has 0 spiro atoms. The Bertz CT molecular complexity index is 959. The van der Waals surface area contributed by atoms with Crippen LogP contribution in [0.4, 0.5) is 5.69 Å². The van der Waals surface area contributed by atoms with Crippen LogP contribution in [0.2, 0.25) is 0 Å². The third kappa shape index (κ3) is 4.91. The van der Waals surface area contributed by atoms with E-state index in [9.17, 15) is 15.0 Å². The normalized spacial score (nSPS) is 42.0. The maximum atomic E-state index is 12.8. The van der Waals surface area contributed by atoms with E-state index in [0.717, 1.165) is 37.8 Å². The van der Waals surface area contributed by atoms with Gasteiger partial charge in [-0.2, -0.15) is 0 Å². The number of hydrogen-bond acceptors (Lipinski definition) is 3. The largest absolute Gasteiger partial charge is 0.393 e. The lowest BCUT2D eigenvalue weighted by molar-refractivity contribution is -0.174. The molecule has 1 amide bonds. The van der Waals surface area contributed by atoms with Crippen LogP contribution in [0.1, 0.15) is 110 Å². The molecule has 0 aromatic heterocycles. The van der Waals surface area contributed by atoms with Gasteiger partial charge in [0.1, 0.15) is 0 Å². The summed E-state index contributed by atoms with van der Waals surface area (Å²) < 4.78 is 0. The number of fused-ring (bicyclic) bond motifs is 5. The number of carbonyl (C=O) groups excluding carboxylic acids is 1. The van der Waals surface area contributed by atoms with Gasteiger partial charge >= 0.3 is 0 Å². The van der Waals surface area contributed by atoms with Crippen molar-refractivity contribution in [3.8, 4) is 0 Å².